The van der Waals surface area contributed by atoms with E-state index < -0.39 is 0 Å². The van der Waals surface area contributed by atoms with E-state index >= 15 is 0 Å². The minimum absolute atomic E-state index is 0.278. The van der Waals surface area contributed by atoms with Crippen molar-refractivity contribution in [2.24, 2.45) is 0 Å². The Morgan fingerprint density at radius 1 is 1.16 bits per heavy atom. The second kappa shape index (κ2) is 7.66. The minimum Gasteiger partial charge on any atom is -0.377 e. The Kier molecular flexibility index (Phi) is 6.53. The summed E-state index contributed by atoms with van der Waals surface area (Å²) in [6, 6.07) is 4.78. The normalized spacial score (nSPS) is 14.4. The van der Waals surface area contributed by atoms with Crippen LogP contribution in [0.1, 0.15) is 55.0 Å². The van der Waals surface area contributed by atoms with Gasteiger partial charge in [0.1, 0.15) is 0 Å². The van der Waals surface area contributed by atoms with Crippen LogP contribution in [-0.2, 0) is 4.74 Å². The second-order valence-electron chi connectivity index (χ2n) is 5.59. The molecule has 1 N–H and O–H groups in total. The van der Waals surface area contributed by atoms with Crippen LogP contribution in [0, 0.1) is 20.8 Å². The third kappa shape index (κ3) is 4.63. The summed E-state index contributed by atoms with van der Waals surface area (Å²) < 4.78 is 5.97. The zero-order valence-electron chi connectivity index (χ0n) is 13.3. The average Bonchev–Trinajstić information content (AvgIpc) is 2.32. The van der Waals surface area contributed by atoms with Gasteiger partial charge in [0.05, 0.1) is 18.8 Å². The lowest BCUT2D eigenvalue weighted by Crippen LogP contribution is -2.25. The number of benzene rings is 1. The summed E-state index contributed by atoms with van der Waals surface area (Å²) in [4.78, 5) is 0. The smallest absolute Gasteiger partial charge is 0.0665 e. The molecule has 1 aromatic rings. The summed E-state index contributed by atoms with van der Waals surface area (Å²) in [6.07, 6.45) is 2.64. The first-order chi connectivity index (χ1) is 8.99. The van der Waals surface area contributed by atoms with E-state index in [1.807, 2.05) is 7.05 Å². The molecule has 0 heterocycles. The number of rotatable bonds is 7. The molecular weight excluding hydrogens is 234 g/mol. The fraction of sp³-hybridized carbons (Fsp3) is 0.647. The predicted octanol–water partition coefficient (Wildman–Crippen LogP) is 4.08. The summed E-state index contributed by atoms with van der Waals surface area (Å²) in [5, 5.41) is 3.39. The predicted molar refractivity (Wildman–Crippen MR) is 82.8 cm³/mol. The van der Waals surface area contributed by atoms with Crippen LogP contribution in [0.4, 0.5) is 0 Å². The quantitative estimate of drug-likeness (QED) is 0.800. The van der Waals surface area contributed by atoms with E-state index in [2.05, 4.69) is 52.1 Å². The van der Waals surface area contributed by atoms with Crippen LogP contribution in [0.3, 0.4) is 0 Å². The fourth-order valence-corrected chi connectivity index (χ4v) is 2.80. The Labute approximate surface area is 118 Å². The number of aryl methyl sites for hydroxylation is 3. The standard InChI is InChI=1S/C17H29NO/c1-7-8-15(5)19-11-16(18-6)17-13(3)9-12(2)10-14(17)4/h9-10,15-16,18H,7-8,11H2,1-6H3. The van der Waals surface area contributed by atoms with Gasteiger partial charge in [0.25, 0.3) is 0 Å². The van der Waals surface area contributed by atoms with Crippen molar-refractivity contribution in [2.45, 2.75) is 59.6 Å². The van der Waals surface area contributed by atoms with E-state index in [1.165, 1.54) is 28.7 Å². The van der Waals surface area contributed by atoms with Gasteiger partial charge < -0.3 is 10.1 Å². The Hall–Kier alpha value is -0.860. The van der Waals surface area contributed by atoms with Crippen LogP contribution in [0.15, 0.2) is 12.1 Å². The molecular formula is C17H29NO. The first kappa shape index (κ1) is 16.2. The van der Waals surface area contributed by atoms with Crippen LogP contribution >= 0.6 is 0 Å². The van der Waals surface area contributed by atoms with Gasteiger partial charge in [0.15, 0.2) is 0 Å². The van der Waals surface area contributed by atoms with Gasteiger partial charge in [-0.25, -0.2) is 0 Å². The van der Waals surface area contributed by atoms with Gasteiger partial charge in [-0.05, 0) is 57.9 Å². The minimum atomic E-state index is 0.278. The summed E-state index contributed by atoms with van der Waals surface area (Å²) >= 11 is 0. The van der Waals surface area contributed by atoms with Gasteiger partial charge in [-0.1, -0.05) is 31.0 Å². The maximum absolute atomic E-state index is 5.97. The number of ether oxygens (including phenoxy) is 1. The SMILES string of the molecule is CCCC(C)OCC(NC)c1c(C)cc(C)cc1C. The highest BCUT2D eigenvalue weighted by Crippen LogP contribution is 2.24. The lowest BCUT2D eigenvalue weighted by Gasteiger charge is -2.23. The number of nitrogens with one attached hydrogen (secondary N) is 1. The van der Waals surface area contributed by atoms with Gasteiger partial charge in [-0.15, -0.1) is 0 Å². The zero-order chi connectivity index (χ0) is 14.4. The molecule has 2 unspecified atom stereocenters. The van der Waals surface area contributed by atoms with E-state index in [1.54, 1.807) is 0 Å². The van der Waals surface area contributed by atoms with Crippen molar-refractivity contribution in [2.75, 3.05) is 13.7 Å². The molecule has 0 aliphatic carbocycles. The number of likely N-dealkylation sites (N-methyl/N-ethyl adjacent to an activating group) is 1. The van der Waals surface area contributed by atoms with Gasteiger partial charge in [0, 0.05) is 0 Å². The molecule has 0 saturated carbocycles. The maximum atomic E-state index is 5.97. The lowest BCUT2D eigenvalue weighted by atomic mass is 9.94. The van der Waals surface area contributed by atoms with E-state index in [9.17, 15) is 0 Å². The third-order valence-electron chi connectivity index (χ3n) is 3.68. The van der Waals surface area contributed by atoms with E-state index in [0.717, 1.165) is 13.0 Å². The molecule has 0 aliphatic heterocycles. The summed E-state index contributed by atoms with van der Waals surface area (Å²) in [5.74, 6) is 0. The highest BCUT2D eigenvalue weighted by molar-refractivity contribution is 5.39. The first-order valence-corrected chi connectivity index (χ1v) is 7.36. The highest BCUT2D eigenvalue weighted by atomic mass is 16.5. The second-order valence-corrected chi connectivity index (χ2v) is 5.59. The molecule has 0 bridgehead atoms. The van der Waals surface area contributed by atoms with Crippen molar-refractivity contribution >= 4 is 0 Å². The average molecular weight is 263 g/mol. The van der Waals surface area contributed by atoms with Crippen molar-refractivity contribution in [1.82, 2.24) is 5.32 Å². The molecule has 0 aromatic heterocycles. The topological polar surface area (TPSA) is 21.3 Å². The zero-order valence-corrected chi connectivity index (χ0v) is 13.3. The monoisotopic (exact) mass is 263 g/mol. The molecule has 1 rings (SSSR count). The molecule has 108 valence electrons. The van der Waals surface area contributed by atoms with Crippen molar-refractivity contribution in [3.05, 3.63) is 34.4 Å². The Bertz CT molecular complexity index is 377. The van der Waals surface area contributed by atoms with Crippen molar-refractivity contribution in [1.29, 1.82) is 0 Å². The highest BCUT2D eigenvalue weighted by Gasteiger charge is 2.16. The molecule has 0 amide bonds. The van der Waals surface area contributed by atoms with Gasteiger partial charge in [0.2, 0.25) is 0 Å². The van der Waals surface area contributed by atoms with Gasteiger partial charge in [-0.3, -0.25) is 0 Å². The largest absolute Gasteiger partial charge is 0.377 e. The van der Waals surface area contributed by atoms with E-state index in [0.29, 0.717) is 6.10 Å². The lowest BCUT2D eigenvalue weighted by molar-refractivity contribution is 0.0451. The Morgan fingerprint density at radius 3 is 2.21 bits per heavy atom. The maximum Gasteiger partial charge on any atom is 0.0665 e. The van der Waals surface area contributed by atoms with Gasteiger partial charge >= 0.3 is 0 Å². The van der Waals surface area contributed by atoms with Crippen molar-refractivity contribution in [3.8, 4) is 0 Å². The van der Waals surface area contributed by atoms with Crippen LogP contribution in [0.25, 0.3) is 0 Å². The summed E-state index contributed by atoms with van der Waals surface area (Å²) in [6.45, 7) is 11.6. The Balaban J connectivity index is 2.80. The van der Waals surface area contributed by atoms with Crippen molar-refractivity contribution < 1.29 is 4.74 Å². The Morgan fingerprint density at radius 2 is 1.74 bits per heavy atom. The molecule has 1 aromatic carbocycles. The fourth-order valence-electron chi connectivity index (χ4n) is 2.80. The molecule has 0 saturated heterocycles. The molecule has 0 radical (unpaired) electrons. The summed E-state index contributed by atoms with van der Waals surface area (Å²) in [5.41, 5.74) is 5.41. The molecule has 0 spiro atoms. The van der Waals surface area contributed by atoms with Crippen molar-refractivity contribution in [3.63, 3.8) is 0 Å². The summed E-state index contributed by atoms with van der Waals surface area (Å²) in [7, 11) is 2.01. The third-order valence-corrected chi connectivity index (χ3v) is 3.68. The van der Waals surface area contributed by atoms with Crippen LogP contribution < -0.4 is 5.32 Å². The van der Waals surface area contributed by atoms with Crippen LogP contribution in [-0.4, -0.2) is 19.8 Å². The van der Waals surface area contributed by atoms with Crippen LogP contribution in [0.2, 0.25) is 0 Å². The van der Waals surface area contributed by atoms with Crippen LogP contribution in [0.5, 0.6) is 0 Å². The molecule has 2 nitrogen and oxygen atoms in total. The number of hydrogen-bond acceptors (Lipinski definition) is 2. The van der Waals surface area contributed by atoms with E-state index in [-0.39, 0.29) is 6.04 Å². The number of hydrogen-bond donors (Lipinski definition) is 1. The molecule has 2 atom stereocenters. The van der Waals surface area contributed by atoms with Gasteiger partial charge in [-0.2, -0.15) is 0 Å². The van der Waals surface area contributed by atoms with E-state index in [4.69, 9.17) is 4.74 Å². The molecule has 0 aliphatic rings. The first-order valence-electron chi connectivity index (χ1n) is 7.36. The molecule has 0 fully saturated rings. The molecule has 19 heavy (non-hydrogen) atoms. The molecule has 2 heteroatoms.